The lowest BCUT2D eigenvalue weighted by Gasteiger charge is -2.20. The van der Waals surface area contributed by atoms with Crippen LogP contribution in [0.25, 0.3) is 0 Å². The molecule has 0 saturated heterocycles. The quantitative estimate of drug-likeness (QED) is 0.859. The van der Waals surface area contributed by atoms with Crippen molar-refractivity contribution in [3.8, 4) is 0 Å². The maximum absolute atomic E-state index is 12.8. The third kappa shape index (κ3) is 4.05. The average Bonchev–Trinajstić information content (AvgIpc) is 2.98. The number of quaternary nitrogens is 1. The Bertz CT molecular complexity index is 693. The second kappa shape index (κ2) is 7.49. The molecule has 0 radical (unpaired) electrons. The van der Waals surface area contributed by atoms with Crippen LogP contribution in [0.15, 0.2) is 36.4 Å². The number of hydrogen-bond donors (Lipinski definition) is 2. The van der Waals surface area contributed by atoms with E-state index in [1.165, 1.54) is 27.3 Å². The fourth-order valence-electron chi connectivity index (χ4n) is 3.39. The van der Waals surface area contributed by atoms with Crippen LogP contribution in [0.2, 0.25) is 0 Å². The third-order valence-corrected chi connectivity index (χ3v) is 5.91. The Morgan fingerprint density at radius 2 is 2.08 bits per heavy atom. The molecule has 0 spiro atoms. The van der Waals surface area contributed by atoms with Crippen LogP contribution < -0.4 is 10.2 Å². The van der Waals surface area contributed by atoms with E-state index < -0.39 is 0 Å². The van der Waals surface area contributed by atoms with Crippen LogP contribution in [-0.2, 0) is 12.8 Å². The van der Waals surface area contributed by atoms with Gasteiger partial charge in [0.25, 0.3) is 5.91 Å². The predicted octanol–water partition coefficient (Wildman–Crippen LogP) is 2.49. The molecule has 24 heavy (non-hydrogen) atoms. The lowest BCUT2D eigenvalue weighted by atomic mass is 9.90. The molecule has 3 nitrogen and oxygen atoms in total. The molecule has 0 bridgehead atoms. The molecule has 2 N–H and O–H groups in total. The first-order valence-electron chi connectivity index (χ1n) is 8.79. The second-order valence-corrected chi connectivity index (χ2v) is 8.39. The Hall–Kier alpha value is -1.65. The first-order valence-corrected chi connectivity index (χ1v) is 9.61. The molecule has 1 aliphatic carbocycles. The van der Waals surface area contributed by atoms with E-state index in [1.807, 2.05) is 18.2 Å². The zero-order chi connectivity index (χ0) is 17.1. The highest BCUT2D eigenvalue weighted by Crippen LogP contribution is 2.32. The van der Waals surface area contributed by atoms with Crippen molar-refractivity contribution in [2.24, 2.45) is 5.92 Å². The lowest BCUT2D eigenvalue weighted by Crippen LogP contribution is -3.06. The Balaban J connectivity index is 1.76. The van der Waals surface area contributed by atoms with Gasteiger partial charge in [-0.2, -0.15) is 0 Å². The standard InChI is InChI=1S/C20H26N2OS/c1-14-9-10-18-16(11-14)12-19(24-18)20(23)21-17(13-22(2)3)15-7-5-4-6-8-15/h4-8,12,14,17H,9-11,13H2,1-3H3,(H,21,23)/p+1/t14-,17-/m0/s1. The topological polar surface area (TPSA) is 33.5 Å². The van der Waals surface area contributed by atoms with Crippen LogP contribution >= 0.6 is 11.3 Å². The highest BCUT2D eigenvalue weighted by molar-refractivity contribution is 7.14. The summed E-state index contributed by atoms with van der Waals surface area (Å²) in [5.74, 6) is 0.801. The minimum absolute atomic E-state index is 0.0433. The first-order chi connectivity index (χ1) is 11.5. The summed E-state index contributed by atoms with van der Waals surface area (Å²) in [5, 5.41) is 3.25. The molecular weight excluding hydrogens is 316 g/mol. The Kier molecular flexibility index (Phi) is 5.36. The van der Waals surface area contributed by atoms with Crippen molar-refractivity contribution in [2.45, 2.75) is 32.2 Å². The van der Waals surface area contributed by atoms with E-state index in [4.69, 9.17) is 0 Å². The molecule has 1 aromatic carbocycles. The summed E-state index contributed by atoms with van der Waals surface area (Å²) in [7, 11) is 4.24. The number of aryl methyl sites for hydroxylation is 1. The average molecular weight is 344 g/mol. The van der Waals surface area contributed by atoms with Gasteiger partial charge >= 0.3 is 0 Å². The van der Waals surface area contributed by atoms with Crippen molar-refractivity contribution < 1.29 is 9.69 Å². The Morgan fingerprint density at radius 1 is 1.33 bits per heavy atom. The SMILES string of the molecule is C[C@H]1CCc2sc(C(=O)N[C@@H](C[NH+](C)C)c3ccccc3)cc2C1. The molecule has 128 valence electrons. The molecule has 0 unspecified atom stereocenters. The molecule has 3 rings (SSSR count). The van der Waals surface area contributed by atoms with Crippen LogP contribution in [-0.4, -0.2) is 26.5 Å². The molecule has 1 heterocycles. The van der Waals surface area contributed by atoms with Gasteiger partial charge < -0.3 is 10.2 Å². The van der Waals surface area contributed by atoms with Gasteiger partial charge in [-0.3, -0.25) is 4.79 Å². The molecule has 0 saturated carbocycles. The van der Waals surface area contributed by atoms with Crippen LogP contribution in [0.4, 0.5) is 0 Å². The zero-order valence-corrected chi connectivity index (χ0v) is 15.6. The minimum atomic E-state index is 0.0433. The number of benzene rings is 1. The highest BCUT2D eigenvalue weighted by atomic mass is 32.1. The van der Waals surface area contributed by atoms with E-state index in [1.54, 1.807) is 11.3 Å². The monoisotopic (exact) mass is 343 g/mol. The fourth-order valence-corrected chi connectivity index (χ4v) is 4.50. The molecule has 4 heteroatoms. The molecule has 1 aromatic heterocycles. The number of carbonyl (C=O) groups is 1. The van der Waals surface area contributed by atoms with Crippen LogP contribution in [0, 0.1) is 5.92 Å². The zero-order valence-electron chi connectivity index (χ0n) is 14.8. The third-order valence-electron chi connectivity index (χ3n) is 4.67. The van der Waals surface area contributed by atoms with Gasteiger partial charge in [-0.1, -0.05) is 37.3 Å². The van der Waals surface area contributed by atoms with E-state index in [9.17, 15) is 4.79 Å². The number of likely N-dealkylation sites (N-methyl/N-ethyl adjacent to an activating group) is 1. The molecule has 0 fully saturated rings. The van der Waals surface area contributed by atoms with Crippen molar-refractivity contribution in [1.82, 2.24) is 5.32 Å². The maximum atomic E-state index is 12.8. The maximum Gasteiger partial charge on any atom is 0.262 e. The first kappa shape index (κ1) is 17.2. The summed E-state index contributed by atoms with van der Waals surface area (Å²) >= 11 is 1.68. The van der Waals surface area contributed by atoms with Gasteiger partial charge in [0.05, 0.1) is 19.0 Å². The molecule has 2 aromatic rings. The summed E-state index contributed by atoms with van der Waals surface area (Å²) in [6, 6.07) is 12.4. The normalized spacial score (nSPS) is 18.2. The number of amides is 1. The number of fused-ring (bicyclic) bond motifs is 1. The van der Waals surface area contributed by atoms with Crippen LogP contribution in [0.3, 0.4) is 0 Å². The molecule has 1 aliphatic rings. The smallest absolute Gasteiger partial charge is 0.262 e. The summed E-state index contributed by atoms with van der Waals surface area (Å²) in [4.78, 5) is 16.4. The summed E-state index contributed by atoms with van der Waals surface area (Å²) in [6.07, 6.45) is 3.48. The van der Waals surface area contributed by atoms with E-state index in [-0.39, 0.29) is 11.9 Å². The van der Waals surface area contributed by atoms with Gasteiger partial charge in [-0.25, -0.2) is 0 Å². The van der Waals surface area contributed by atoms with Crippen molar-refractivity contribution in [2.75, 3.05) is 20.6 Å². The number of hydrogen-bond acceptors (Lipinski definition) is 2. The van der Waals surface area contributed by atoms with E-state index in [2.05, 4.69) is 44.5 Å². The largest absolute Gasteiger partial charge is 0.339 e. The minimum Gasteiger partial charge on any atom is -0.339 e. The molecular formula is C20H27N2OS+. The summed E-state index contributed by atoms with van der Waals surface area (Å²) in [5.41, 5.74) is 2.56. The van der Waals surface area contributed by atoms with Crippen LogP contribution in [0.1, 0.15) is 45.1 Å². The van der Waals surface area contributed by atoms with E-state index in [0.29, 0.717) is 0 Å². The van der Waals surface area contributed by atoms with Gasteiger partial charge in [0.1, 0.15) is 12.6 Å². The number of nitrogens with one attached hydrogen (secondary N) is 2. The number of rotatable bonds is 5. The predicted molar refractivity (Wildman–Crippen MR) is 99.8 cm³/mol. The molecule has 1 amide bonds. The van der Waals surface area contributed by atoms with Crippen molar-refractivity contribution in [3.05, 3.63) is 57.3 Å². The van der Waals surface area contributed by atoms with Crippen molar-refractivity contribution in [3.63, 3.8) is 0 Å². The van der Waals surface area contributed by atoms with Gasteiger partial charge in [-0.05, 0) is 42.4 Å². The number of carbonyl (C=O) groups excluding carboxylic acids is 1. The summed E-state index contributed by atoms with van der Waals surface area (Å²) < 4.78 is 0. The number of thiophene rings is 1. The van der Waals surface area contributed by atoms with Crippen LogP contribution in [0.5, 0.6) is 0 Å². The van der Waals surface area contributed by atoms with Gasteiger partial charge in [0.15, 0.2) is 0 Å². The highest BCUT2D eigenvalue weighted by Gasteiger charge is 2.23. The van der Waals surface area contributed by atoms with Gasteiger partial charge in [0.2, 0.25) is 0 Å². The molecule has 2 atom stereocenters. The summed E-state index contributed by atoms with van der Waals surface area (Å²) in [6.45, 7) is 3.17. The van der Waals surface area contributed by atoms with E-state index in [0.717, 1.165) is 30.2 Å². The fraction of sp³-hybridized carbons (Fsp3) is 0.450. The van der Waals surface area contributed by atoms with Gasteiger partial charge in [0, 0.05) is 4.88 Å². The molecule has 0 aliphatic heterocycles. The Labute approximate surface area is 148 Å². The Morgan fingerprint density at radius 3 is 2.79 bits per heavy atom. The second-order valence-electron chi connectivity index (χ2n) is 7.25. The lowest BCUT2D eigenvalue weighted by molar-refractivity contribution is -0.860. The van der Waals surface area contributed by atoms with Crippen molar-refractivity contribution in [1.29, 1.82) is 0 Å². The van der Waals surface area contributed by atoms with E-state index >= 15 is 0 Å². The van der Waals surface area contributed by atoms with Crippen molar-refractivity contribution >= 4 is 17.2 Å². The van der Waals surface area contributed by atoms with Gasteiger partial charge in [-0.15, -0.1) is 11.3 Å².